The maximum Gasteiger partial charge on any atom is 0.211 e. The van der Waals surface area contributed by atoms with Gasteiger partial charge in [0.1, 0.15) is 20.0 Å². The lowest BCUT2D eigenvalue weighted by atomic mass is 9.82. The van der Waals surface area contributed by atoms with Gasteiger partial charge in [0, 0.05) is 48.7 Å². The molecule has 44 heavy (non-hydrogen) atoms. The lowest BCUT2D eigenvalue weighted by Crippen LogP contribution is -2.27. The van der Waals surface area contributed by atoms with E-state index in [0.29, 0.717) is 28.8 Å². The fourth-order valence-corrected chi connectivity index (χ4v) is 14.6. The Morgan fingerprint density at radius 1 is 0.636 bits per heavy atom. The van der Waals surface area contributed by atoms with Gasteiger partial charge in [-0.15, -0.1) is 22.7 Å². The summed E-state index contributed by atoms with van der Waals surface area (Å²) >= 11 is 30.1. The van der Waals surface area contributed by atoms with Crippen molar-refractivity contribution in [3.8, 4) is 15.5 Å². The molecule has 4 atom stereocenters. The first kappa shape index (κ1) is 28.9. The van der Waals surface area contributed by atoms with Gasteiger partial charge in [0.25, 0.3) is 0 Å². The molecular weight excluding hydrogens is 701 g/mol. The van der Waals surface area contributed by atoms with Crippen LogP contribution in [0.15, 0.2) is 9.98 Å². The number of rotatable bonds is 2. The minimum Gasteiger partial charge on any atom is -0.480 e. The largest absolute Gasteiger partial charge is 0.480 e. The first-order valence-electron chi connectivity index (χ1n) is 15.1. The highest BCUT2D eigenvalue weighted by molar-refractivity contribution is 7.86. The number of hydrogen-bond donors (Lipinski definition) is 0. The summed E-state index contributed by atoms with van der Waals surface area (Å²) in [6.45, 7) is 4.28. The van der Waals surface area contributed by atoms with Gasteiger partial charge in [-0.25, -0.2) is 20.0 Å². The van der Waals surface area contributed by atoms with Crippen molar-refractivity contribution in [1.29, 1.82) is 0 Å². The normalized spacial score (nSPS) is 27.5. The van der Waals surface area contributed by atoms with Crippen molar-refractivity contribution in [3.63, 3.8) is 0 Å². The molecule has 0 aromatic carbocycles. The van der Waals surface area contributed by atoms with E-state index in [1.807, 2.05) is 0 Å². The Morgan fingerprint density at radius 2 is 1.07 bits per heavy atom. The van der Waals surface area contributed by atoms with Crippen LogP contribution >= 0.6 is 94.2 Å². The number of thiophene rings is 2. The average Bonchev–Trinajstić information content (AvgIpc) is 3.82. The van der Waals surface area contributed by atoms with E-state index in [-0.39, 0.29) is 0 Å². The Bertz CT molecular complexity index is 2000. The van der Waals surface area contributed by atoms with E-state index in [2.05, 4.69) is 13.8 Å². The molecule has 4 aromatic rings. The van der Waals surface area contributed by atoms with Crippen molar-refractivity contribution < 1.29 is 4.74 Å². The summed E-state index contributed by atoms with van der Waals surface area (Å²) in [5, 5.41) is 1.44. The Hall–Kier alpha value is -1.32. The van der Waals surface area contributed by atoms with E-state index in [1.165, 1.54) is 36.1 Å². The van der Waals surface area contributed by atoms with E-state index in [0.717, 1.165) is 91.4 Å². The molecule has 5 heterocycles. The molecule has 5 aliphatic rings. The summed E-state index contributed by atoms with van der Waals surface area (Å²) in [6.07, 6.45) is 9.39. The third kappa shape index (κ3) is 4.19. The van der Waals surface area contributed by atoms with Crippen LogP contribution in [0.2, 0.25) is 0 Å². The molecule has 224 valence electrons. The van der Waals surface area contributed by atoms with Crippen molar-refractivity contribution in [2.24, 2.45) is 33.7 Å². The number of ether oxygens (including phenoxy) is 1. The van der Waals surface area contributed by atoms with E-state index in [4.69, 9.17) is 73.6 Å². The average molecular weight is 727 g/mol. The van der Waals surface area contributed by atoms with Crippen LogP contribution in [-0.2, 0) is 5.60 Å². The van der Waals surface area contributed by atoms with Gasteiger partial charge in [0.05, 0.1) is 25.9 Å². The summed E-state index contributed by atoms with van der Waals surface area (Å²) in [5.74, 6) is 2.42. The molecule has 4 aliphatic carbocycles. The van der Waals surface area contributed by atoms with E-state index in [9.17, 15) is 0 Å². The molecule has 4 fully saturated rings. The molecular formula is C31H26N4OS8. The molecule has 5 nitrogen and oxygen atoms in total. The molecule has 4 saturated carbocycles. The highest BCUT2D eigenvalue weighted by atomic mass is 32.1. The van der Waals surface area contributed by atoms with Gasteiger partial charge in [-0.1, -0.05) is 97.2 Å². The standard InChI is InChI=1S/C31H26N4OS8/c1-31(2)15-23(41-27-24(15)43-29(34-27)32-16-19(37)11-7-3-4-8-12(11)20(16)38)25-18(36-31)26-28(42-25)35-30(44-26)33-17-21(39)13-9-5-6-10-14(13)22(17)40/h11-14H,3-10H2,1-2H3. The van der Waals surface area contributed by atoms with Gasteiger partial charge in [0.2, 0.25) is 10.3 Å². The molecule has 0 saturated heterocycles. The lowest BCUT2D eigenvalue weighted by molar-refractivity contribution is 0.111. The maximum atomic E-state index is 6.80. The van der Waals surface area contributed by atoms with Gasteiger partial charge >= 0.3 is 0 Å². The summed E-state index contributed by atoms with van der Waals surface area (Å²) in [4.78, 5) is 27.9. The molecule has 0 radical (unpaired) electrons. The van der Waals surface area contributed by atoms with Crippen molar-refractivity contribution in [2.45, 2.75) is 70.8 Å². The van der Waals surface area contributed by atoms with Crippen molar-refractivity contribution in [1.82, 2.24) is 9.97 Å². The number of hydrogen-bond acceptors (Lipinski definition) is 13. The monoisotopic (exact) mass is 726 g/mol. The summed E-state index contributed by atoms with van der Waals surface area (Å²) < 4.78 is 8.97. The van der Waals surface area contributed by atoms with Crippen LogP contribution in [0.4, 0.5) is 10.3 Å². The first-order chi connectivity index (χ1) is 21.2. The quantitative estimate of drug-likeness (QED) is 0.191. The molecule has 9 rings (SSSR count). The molecule has 0 bridgehead atoms. The molecule has 13 heteroatoms. The zero-order valence-electron chi connectivity index (χ0n) is 23.9. The number of aromatic nitrogens is 2. The summed E-state index contributed by atoms with van der Waals surface area (Å²) in [5.41, 5.74) is 2.30. The molecule has 1 aliphatic heterocycles. The fraction of sp³-hybridized carbons (Fsp3) is 0.484. The number of fused-ring (bicyclic) bond motifs is 9. The Labute approximate surface area is 292 Å². The number of thiocarbonyl (C=S) groups is 4. The molecule has 0 spiro atoms. The van der Waals surface area contributed by atoms with Gasteiger partial charge < -0.3 is 4.74 Å². The van der Waals surface area contributed by atoms with E-state index >= 15 is 0 Å². The highest BCUT2D eigenvalue weighted by Gasteiger charge is 2.44. The summed E-state index contributed by atoms with van der Waals surface area (Å²) in [7, 11) is 0. The predicted octanol–water partition coefficient (Wildman–Crippen LogP) is 10.6. The van der Waals surface area contributed by atoms with E-state index in [1.54, 1.807) is 45.3 Å². The lowest BCUT2D eigenvalue weighted by Gasteiger charge is -2.31. The minimum absolute atomic E-state index is 0.380. The zero-order valence-corrected chi connectivity index (χ0v) is 30.5. The number of nitrogens with zero attached hydrogens (tertiary/aromatic N) is 4. The predicted molar refractivity (Wildman–Crippen MR) is 203 cm³/mol. The zero-order chi connectivity index (χ0) is 30.1. The van der Waals surface area contributed by atoms with Gasteiger partial charge in [-0.2, -0.15) is 0 Å². The Kier molecular flexibility index (Phi) is 6.78. The number of thiazole rings is 2. The fourth-order valence-electron chi connectivity index (χ4n) is 7.75. The third-order valence-corrected chi connectivity index (χ3v) is 16.3. The second-order valence-corrected chi connectivity index (χ2v) is 18.5. The van der Waals surface area contributed by atoms with E-state index < -0.39 is 5.60 Å². The molecule has 0 amide bonds. The van der Waals surface area contributed by atoms with Crippen LogP contribution in [0.3, 0.4) is 0 Å². The maximum absolute atomic E-state index is 6.80. The van der Waals surface area contributed by atoms with Crippen LogP contribution < -0.4 is 4.74 Å². The first-order valence-corrected chi connectivity index (χ1v) is 20.0. The molecule has 0 N–H and O–H groups in total. The topological polar surface area (TPSA) is 59.7 Å². The van der Waals surface area contributed by atoms with Crippen LogP contribution in [0, 0.1) is 23.7 Å². The van der Waals surface area contributed by atoms with Gasteiger partial charge in [0.15, 0.2) is 5.75 Å². The smallest absolute Gasteiger partial charge is 0.211 e. The molecule has 4 aromatic heterocycles. The number of aliphatic imine (C=N–C) groups is 2. The second-order valence-electron chi connectivity index (χ2n) is 12.8. The minimum atomic E-state index is -0.543. The van der Waals surface area contributed by atoms with Crippen LogP contribution in [0.5, 0.6) is 5.75 Å². The van der Waals surface area contributed by atoms with Crippen LogP contribution in [-0.4, -0.2) is 40.8 Å². The summed E-state index contributed by atoms with van der Waals surface area (Å²) in [6, 6.07) is 0. The van der Waals surface area contributed by atoms with Gasteiger partial charge in [-0.3, -0.25) is 0 Å². The third-order valence-electron chi connectivity index (χ3n) is 9.83. The van der Waals surface area contributed by atoms with Crippen LogP contribution in [0.1, 0.15) is 70.8 Å². The molecule has 4 unspecified atom stereocenters. The van der Waals surface area contributed by atoms with Crippen molar-refractivity contribution >= 4 is 154 Å². The Morgan fingerprint density at radius 3 is 1.57 bits per heavy atom. The highest BCUT2D eigenvalue weighted by Crippen LogP contribution is 2.60. The van der Waals surface area contributed by atoms with Crippen molar-refractivity contribution in [2.75, 3.05) is 0 Å². The SMILES string of the molecule is CC1(C)Oc2c(sc3nc(N=C4C(=S)C5CCCCC5C4=S)sc23)-c2sc3nc(N=C4C(=S)C5CCCCC5C4=S)sc3c21. The Balaban J connectivity index is 1.08. The van der Waals surface area contributed by atoms with Crippen LogP contribution in [0.25, 0.3) is 28.8 Å². The van der Waals surface area contributed by atoms with Crippen molar-refractivity contribution in [3.05, 3.63) is 5.56 Å². The van der Waals surface area contributed by atoms with Gasteiger partial charge in [-0.05, 0) is 39.5 Å². The second kappa shape index (κ2) is 10.3.